The van der Waals surface area contributed by atoms with Crippen molar-refractivity contribution >= 4 is 28.9 Å². The molecule has 0 heterocycles. The molecule has 0 spiro atoms. The molecule has 0 saturated carbocycles. The first-order valence-electron chi connectivity index (χ1n) is 4.52. The molecular formula is C10H13Cl2NO. The van der Waals surface area contributed by atoms with Crippen molar-refractivity contribution in [3.05, 3.63) is 22.2 Å². The molecule has 0 aliphatic rings. The molecule has 0 bridgehead atoms. The first kappa shape index (κ1) is 11.5. The van der Waals surface area contributed by atoms with Gasteiger partial charge in [-0.05, 0) is 12.5 Å². The predicted octanol–water partition coefficient (Wildman–Crippen LogP) is 3.75. The molecule has 1 aromatic carbocycles. The summed E-state index contributed by atoms with van der Waals surface area (Å²) in [6, 6.07) is 3.25. The molecule has 0 aromatic heterocycles. The summed E-state index contributed by atoms with van der Waals surface area (Å²) in [5.74, 6) is 0.604. The van der Waals surface area contributed by atoms with Gasteiger partial charge in [0.05, 0.1) is 22.3 Å². The number of nitrogen functional groups attached to an aromatic ring is 1. The Kier molecular flexibility index (Phi) is 4.36. The van der Waals surface area contributed by atoms with Gasteiger partial charge in [-0.15, -0.1) is 0 Å². The molecule has 2 N–H and O–H groups in total. The molecule has 0 aliphatic heterocycles. The summed E-state index contributed by atoms with van der Waals surface area (Å²) in [5.41, 5.74) is 6.23. The van der Waals surface area contributed by atoms with Crippen LogP contribution in [0.1, 0.15) is 19.8 Å². The van der Waals surface area contributed by atoms with Gasteiger partial charge in [0.1, 0.15) is 5.75 Å². The smallest absolute Gasteiger partial charge is 0.143 e. The largest absolute Gasteiger partial charge is 0.491 e. The minimum atomic E-state index is 0.451. The maximum absolute atomic E-state index is 5.83. The van der Waals surface area contributed by atoms with Gasteiger partial charge >= 0.3 is 0 Å². The average molecular weight is 234 g/mol. The summed E-state index contributed by atoms with van der Waals surface area (Å²) in [7, 11) is 0. The van der Waals surface area contributed by atoms with Crippen LogP contribution in [0.25, 0.3) is 0 Å². The lowest BCUT2D eigenvalue weighted by Gasteiger charge is -2.09. The third-order valence-corrected chi connectivity index (χ3v) is 2.53. The molecule has 14 heavy (non-hydrogen) atoms. The predicted molar refractivity (Wildman–Crippen MR) is 61.3 cm³/mol. The van der Waals surface area contributed by atoms with E-state index in [4.69, 9.17) is 33.7 Å². The summed E-state index contributed by atoms with van der Waals surface area (Å²) in [4.78, 5) is 0. The number of ether oxygens (including phenoxy) is 1. The number of nitrogens with two attached hydrogens (primary N) is 1. The number of anilines is 1. The van der Waals surface area contributed by atoms with Crippen molar-refractivity contribution in [2.75, 3.05) is 12.3 Å². The fourth-order valence-corrected chi connectivity index (χ4v) is 1.32. The summed E-state index contributed by atoms with van der Waals surface area (Å²) in [5, 5.41) is 0.916. The SMILES string of the molecule is CCCCOc1cc(Cl)c(Cl)cc1N. The van der Waals surface area contributed by atoms with Gasteiger partial charge in [-0.25, -0.2) is 0 Å². The third-order valence-electron chi connectivity index (χ3n) is 1.81. The molecular weight excluding hydrogens is 221 g/mol. The van der Waals surface area contributed by atoms with E-state index in [-0.39, 0.29) is 0 Å². The Hall–Kier alpha value is -0.600. The van der Waals surface area contributed by atoms with Crippen LogP contribution >= 0.6 is 23.2 Å². The molecule has 4 heteroatoms. The molecule has 0 unspecified atom stereocenters. The molecule has 0 amide bonds. The molecule has 0 fully saturated rings. The highest BCUT2D eigenvalue weighted by Gasteiger charge is 2.05. The topological polar surface area (TPSA) is 35.2 Å². The fourth-order valence-electron chi connectivity index (χ4n) is 0.995. The number of hydrogen-bond donors (Lipinski definition) is 1. The monoisotopic (exact) mass is 233 g/mol. The van der Waals surface area contributed by atoms with Crippen molar-refractivity contribution in [1.82, 2.24) is 0 Å². The molecule has 0 atom stereocenters. The molecule has 0 aliphatic carbocycles. The first-order chi connectivity index (χ1) is 6.65. The van der Waals surface area contributed by atoms with E-state index in [1.165, 1.54) is 0 Å². The van der Waals surface area contributed by atoms with Gasteiger partial charge in [0.25, 0.3) is 0 Å². The quantitative estimate of drug-likeness (QED) is 0.635. The number of benzene rings is 1. The van der Waals surface area contributed by atoms with E-state index in [0.717, 1.165) is 12.8 Å². The normalized spacial score (nSPS) is 10.2. The maximum atomic E-state index is 5.83. The molecule has 0 saturated heterocycles. The van der Waals surface area contributed by atoms with Crippen LogP contribution in [0.2, 0.25) is 10.0 Å². The first-order valence-corrected chi connectivity index (χ1v) is 5.28. The van der Waals surface area contributed by atoms with E-state index in [2.05, 4.69) is 6.92 Å². The second-order valence-electron chi connectivity index (χ2n) is 3.01. The summed E-state index contributed by atoms with van der Waals surface area (Å²) < 4.78 is 5.44. The Bertz CT molecular complexity index is 315. The highest BCUT2D eigenvalue weighted by Crippen LogP contribution is 2.32. The van der Waals surface area contributed by atoms with E-state index in [1.807, 2.05) is 0 Å². The van der Waals surface area contributed by atoms with Crippen LogP contribution in [0.5, 0.6) is 5.75 Å². The lowest BCUT2D eigenvalue weighted by Crippen LogP contribution is -1.99. The van der Waals surface area contributed by atoms with Crippen LogP contribution in [0.3, 0.4) is 0 Å². The maximum Gasteiger partial charge on any atom is 0.143 e. The van der Waals surface area contributed by atoms with Crippen LogP contribution in [0.15, 0.2) is 12.1 Å². The Labute approximate surface area is 94.0 Å². The van der Waals surface area contributed by atoms with Gasteiger partial charge in [-0.3, -0.25) is 0 Å². The second-order valence-corrected chi connectivity index (χ2v) is 3.82. The number of hydrogen-bond acceptors (Lipinski definition) is 2. The third kappa shape index (κ3) is 2.96. The van der Waals surface area contributed by atoms with E-state index in [0.29, 0.717) is 28.1 Å². The lowest BCUT2D eigenvalue weighted by atomic mass is 10.3. The fraction of sp³-hybridized carbons (Fsp3) is 0.400. The van der Waals surface area contributed by atoms with Crippen molar-refractivity contribution in [3.63, 3.8) is 0 Å². The van der Waals surface area contributed by atoms with Crippen molar-refractivity contribution in [3.8, 4) is 5.75 Å². The summed E-state index contributed by atoms with van der Waals surface area (Å²) >= 11 is 11.6. The van der Waals surface area contributed by atoms with Crippen molar-refractivity contribution < 1.29 is 4.74 Å². The average Bonchev–Trinajstić information content (AvgIpc) is 2.14. The zero-order valence-electron chi connectivity index (χ0n) is 8.02. The summed E-state index contributed by atoms with van der Waals surface area (Å²) in [6.45, 7) is 2.75. The van der Waals surface area contributed by atoms with Crippen molar-refractivity contribution in [1.29, 1.82) is 0 Å². The minimum absolute atomic E-state index is 0.451. The zero-order valence-corrected chi connectivity index (χ0v) is 9.53. The molecule has 1 aromatic rings. The lowest BCUT2D eigenvalue weighted by molar-refractivity contribution is 0.311. The van der Waals surface area contributed by atoms with Crippen LogP contribution in [0, 0.1) is 0 Å². The highest BCUT2D eigenvalue weighted by molar-refractivity contribution is 6.42. The van der Waals surface area contributed by atoms with Gasteiger partial charge in [-0.1, -0.05) is 36.5 Å². The Morgan fingerprint density at radius 3 is 2.57 bits per heavy atom. The number of halogens is 2. The second kappa shape index (κ2) is 5.32. The minimum Gasteiger partial charge on any atom is -0.491 e. The van der Waals surface area contributed by atoms with Gasteiger partial charge in [0, 0.05) is 6.07 Å². The highest BCUT2D eigenvalue weighted by atomic mass is 35.5. The summed E-state index contributed by atoms with van der Waals surface area (Å²) in [6.07, 6.45) is 2.08. The molecule has 1 rings (SSSR count). The Morgan fingerprint density at radius 2 is 1.93 bits per heavy atom. The van der Waals surface area contributed by atoms with Crippen LogP contribution in [-0.4, -0.2) is 6.61 Å². The van der Waals surface area contributed by atoms with Crippen LogP contribution in [-0.2, 0) is 0 Å². The van der Waals surface area contributed by atoms with E-state index in [1.54, 1.807) is 12.1 Å². The molecule has 0 radical (unpaired) electrons. The Balaban J connectivity index is 2.72. The molecule has 2 nitrogen and oxygen atoms in total. The van der Waals surface area contributed by atoms with Crippen molar-refractivity contribution in [2.24, 2.45) is 0 Å². The number of unbranched alkanes of at least 4 members (excludes halogenated alkanes) is 1. The Morgan fingerprint density at radius 1 is 1.29 bits per heavy atom. The van der Waals surface area contributed by atoms with E-state index >= 15 is 0 Å². The van der Waals surface area contributed by atoms with E-state index in [9.17, 15) is 0 Å². The van der Waals surface area contributed by atoms with Crippen molar-refractivity contribution in [2.45, 2.75) is 19.8 Å². The van der Waals surface area contributed by atoms with Gasteiger partial charge < -0.3 is 10.5 Å². The van der Waals surface area contributed by atoms with Gasteiger partial charge in [-0.2, -0.15) is 0 Å². The van der Waals surface area contributed by atoms with Crippen LogP contribution in [0.4, 0.5) is 5.69 Å². The van der Waals surface area contributed by atoms with Gasteiger partial charge in [0.2, 0.25) is 0 Å². The van der Waals surface area contributed by atoms with Gasteiger partial charge in [0.15, 0.2) is 0 Å². The zero-order chi connectivity index (χ0) is 10.6. The molecule has 78 valence electrons. The standard InChI is InChI=1S/C10H13Cl2NO/c1-2-3-4-14-10-6-8(12)7(11)5-9(10)13/h5-6H,2-4,13H2,1H3. The van der Waals surface area contributed by atoms with Crippen LogP contribution < -0.4 is 10.5 Å². The van der Waals surface area contributed by atoms with E-state index < -0.39 is 0 Å². The number of rotatable bonds is 4.